The molecule has 2 aliphatic rings. The number of hydrogen-bond donors (Lipinski definition) is 0. The van der Waals surface area contributed by atoms with Gasteiger partial charge in [-0.05, 0) is 113 Å². The normalized spacial score (nSPS) is 12.7. The summed E-state index contributed by atoms with van der Waals surface area (Å²) in [6.07, 6.45) is 0. The molecule has 13 rings (SSSR count). The zero-order valence-corrected chi connectivity index (χ0v) is 35.5. The average Bonchev–Trinajstić information content (AvgIpc) is 3.85. The highest BCUT2D eigenvalue weighted by Crippen LogP contribution is 2.63. The highest BCUT2D eigenvalue weighted by Gasteiger charge is 2.51. The van der Waals surface area contributed by atoms with Crippen LogP contribution in [0.4, 0.5) is 0 Å². The number of fused-ring (bicyclic) bond motifs is 11. The fourth-order valence-electron chi connectivity index (χ4n) is 10.7. The van der Waals surface area contributed by atoms with E-state index in [2.05, 4.69) is 218 Å². The summed E-state index contributed by atoms with van der Waals surface area (Å²) >= 11 is 0. The van der Waals surface area contributed by atoms with Gasteiger partial charge in [-0.3, -0.25) is 0 Å². The summed E-state index contributed by atoms with van der Waals surface area (Å²) in [6, 6.07) is 88.4. The van der Waals surface area contributed by atoms with Crippen LogP contribution in [0.15, 0.2) is 243 Å². The number of nitrogens with zero attached hydrogens (tertiary/aromatic N) is 2. The van der Waals surface area contributed by atoms with Gasteiger partial charge in [0.15, 0.2) is 5.82 Å². The van der Waals surface area contributed by atoms with E-state index in [9.17, 15) is 0 Å². The molecule has 0 saturated heterocycles. The van der Waals surface area contributed by atoms with Crippen molar-refractivity contribution in [2.24, 2.45) is 0 Å². The molecule has 0 fully saturated rings. The monoisotopic (exact) mass is 824 g/mol. The lowest BCUT2D eigenvalue weighted by atomic mass is 9.70. The molecular weight excluding hydrogens is 785 g/mol. The molecule has 2 nitrogen and oxygen atoms in total. The number of hydrogen-bond acceptors (Lipinski definition) is 2. The van der Waals surface area contributed by atoms with Crippen LogP contribution in [-0.4, -0.2) is 9.97 Å². The second-order valence-electron chi connectivity index (χ2n) is 17.2. The zero-order chi connectivity index (χ0) is 42.9. The van der Waals surface area contributed by atoms with Gasteiger partial charge in [-0.2, -0.15) is 0 Å². The Hall–Kier alpha value is -8.46. The molecule has 0 unspecified atom stereocenters. The lowest BCUT2D eigenvalue weighted by Crippen LogP contribution is -2.25. The average molecular weight is 825 g/mol. The van der Waals surface area contributed by atoms with Crippen molar-refractivity contribution >= 4 is 10.8 Å². The summed E-state index contributed by atoms with van der Waals surface area (Å²) in [5.74, 6) is 0.715. The van der Waals surface area contributed by atoms with Gasteiger partial charge in [0, 0.05) is 16.7 Å². The van der Waals surface area contributed by atoms with Crippen molar-refractivity contribution in [1.82, 2.24) is 9.97 Å². The third-order valence-electron chi connectivity index (χ3n) is 13.7. The molecule has 65 heavy (non-hydrogen) atoms. The second kappa shape index (κ2) is 14.8. The van der Waals surface area contributed by atoms with Crippen LogP contribution in [0.25, 0.3) is 100 Å². The first-order valence-electron chi connectivity index (χ1n) is 22.4. The highest BCUT2D eigenvalue weighted by atomic mass is 14.9. The van der Waals surface area contributed by atoms with Gasteiger partial charge < -0.3 is 0 Å². The molecule has 1 heterocycles. The maximum absolute atomic E-state index is 5.08. The van der Waals surface area contributed by atoms with Crippen molar-refractivity contribution in [2.75, 3.05) is 0 Å². The van der Waals surface area contributed by atoms with Gasteiger partial charge >= 0.3 is 0 Å². The molecule has 0 aliphatic heterocycles. The molecular formula is C63H40N2. The minimum absolute atomic E-state index is 0.426. The van der Waals surface area contributed by atoms with E-state index in [0.717, 1.165) is 39.2 Å². The summed E-state index contributed by atoms with van der Waals surface area (Å²) in [4.78, 5) is 10.1. The van der Waals surface area contributed by atoms with Crippen molar-refractivity contribution in [3.05, 3.63) is 265 Å². The molecule has 0 bridgehead atoms. The van der Waals surface area contributed by atoms with Gasteiger partial charge in [-0.15, -0.1) is 0 Å². The Balaban J connectivity index is 0.939. The predicted octanol–water partition coefficient (Wildman–Crippen LogP) is 16.0. The number of aromatic nitrogens is 2. The molecule has 0 radical (unpaired) electrons. The quantitative estimate of drug-likeness (QED) is 0.167. The lowest BCUT2D eigenvalue weighted by molar-refractivity contribution is 0.794. The Morgan fingerprint density at radius 2 is 0.662 bits per heavy atom. The largest absolute Gasteiger partial charge is 0.228 e. The summed E-state index contributed by atoms with van der Waals surface area (Å²) < 4.78 is 0. The Bertz CT molecular complexity index is 3520. The van der Waals surface area contributed by atoms with Crippen LogP contribution in [0.5, 0.6) is 0 Å². The predicted molar refractivity (Wildman–Crippen MR) is 268 cm³/mol. The maximum Gasteiger partial charge on any atom is 0.160 e. The van der Waals surface area contributed by atoms with Crippen molar-refractivity contribution in [3.8, 4) is 89.5 Å². The third kappa shape index (κ3) is 5.88. The first-order valence-corrected chi connectivity index (χ1v) is 22.4. The van der Waals surface area contributed by atoms with Gasteiger partial charge in [0.2, 0.25) is 0 Å². The fourth-order valence-corrected chi connectivity index (χ4v) is 10.7. The summed E-state index contributed by atoms with van der Waals surface area (Å²) in [5.41, 5.74) is 22.3. The molecule has 0 saturated carbocycles. The van der Waals surface area contributed by atoms with Crippen LogP contribution >= 0.6 is 0 Å². The fraction of sp³-hybridized carbons (Fsp3) is 0.0159. The van der Waals surface area contributed by atoms with E-state index in [1.54, 1.807) is 0 Å². The van der Waals surface area contributed by atoms with E-state index in [-0.39, 0.29) is 0 Å². The van der Waals surface area contributed by atoms with Crippen molar-refractivity contribution in [2.45, 2.75) is 5.41 Å². The van der Waals surface area contributed by atoms with Crippen molar-refractivity contribution in [3.63, 3.8) is 0 Å². The van der Waals surface area contributed by atoms with Crippen molar-refractivity contribution in [1.29, 1.82) is 0 Å². The highest BCUT2D eigenvalue weighted by molar-refractivity contribution is 6.00. The van der Waals surface area contributed by atoms with Crippen LogP contribution in [0, 0.1) is 0 Å². The minimum atomic E-state index is -0.426. The standard InChI is InChI=1S/C63H40N2/c1-3-16-45(17-4-1)60-40-61(65-62(64-60)47-18-5-2-6-19-47)46-34-29-43(30-35-46)42-27-32-44(33-28-42)54-39-59-55(38-53(54)49-36-31-41-15-7-8-20-48(41)37-49)52-23-11-14-26-58(52)63(59)56-24-12-9-21-50(56)51-22-10-13-25-57(51)63/h1-40H. The van der Waals surface area contributed by atoms with Gasteiger partial charge in [-0.1, -0.05) is 218 Å². The van der Waals surface area contributed by atoms with E-state index in [1.807, 2.05) is 24.3 Å². The molecule has 1 spiro atoms. The summed E-state index contributed by atoms with van der Waals surface area (Å²) in [5, 5.41) is 2.48. The summed E-state index contributed by atoms with van der Waals surface area (Å²) in [6.45, 7) is 0. The zero-order valence-electron chi connectivity index (χ0n) is 35.5. The van der Waals surface area contributed by atoms with Gasteiger partial charge in [0.25, 0.3) is 0 Å². The molecule has 2 heteroatoms. The van der Waals surface area contributed by atoms with Gasteiger partial charge in [-0.25, -0.2) is 9.97 Å². The molecule has 10 aromatic carbocycles. The van der Waals surface area contributed by atoms with E-state index in [4.69, 9.17) is 9.97 Å². The minimum Gasteiger partial charge on any atom is -0.228 e. The van der Waals surface area contributed by atoms with Crippen LogP contribution in [0.2, 0.25) is 0 Å². The Morgan fingerprint density at radius 3 is 1.26 bits per heavy atom. The Labute approximate surface area is 378 Å². The van der Waals surface area contributed by atoms with E-state index in [0.29, 0.717) is 5.82 Å². The van der Waals surface area contributed by atoms with Gasteiger partial charge in [0.1, 0.15) is 0 Å². The third-order valence-corrected chi connectivity index (χ3v) is 13.7. The molecule has 2 aliphatic carbocycles. The van der Waals surface area contributed by atoms with Gasteiger partial charge in [0.05, 0.1) is 16.8 Å². The molecule has 11 aromatic rings. The maximum atomic E-state index is 5.08. The van der Waals surface area contributed by atoms with Crippen LogP contribution in [-0.2, 0) is 5.41 Å². The first kappa shape index (κ1) is 37.1. The van der Waals surface area contributed by atoms with E-state index in [1.165, 1.54) is 77.5 Å². The molecule has 1 aromatic heterocycles. The Kier molecular flexibility index (Phi) is 8.47. The second-order valence-corrected chi connectivity index (χ2v) is 17.2. The van der Waals surface area contributed by atoms with Crippen LogP contribution < -0.4 is 0 Å². The van der Waals surface area contributed by atoms with E-state index >= 15 is 0 Å². The smallest absolute Gasteiger partial charge is 0.160 e. The summed E-state index contributed by atoms with van der Waals surface area (Å²) in [7, 11) is 0. The molecule has 302 valence electrons. The first-order chi connectivity index (χ1) is 32.2. The van der Waals surface area contributed by atoms with Crippen LogP contribution in [0.1, 0.15) is 22.3 Å². The SMILES string of the molecule is c1ccc(-c2cc(-c3ccc(-c4ccc(-c5cc6c(cc5-c5ccc7ccccc7c5)-c5ccccc5C65c6ccccc6-c6ccccc65)cc4)cc3)nc(-c3ccccc3)n2)cc1. The van der Waals surface area contributed by atoms with Crippen LogP contribution in [0.3, 0.4) is 0 Å². The molecule has 0 amide bonds. The molecule has 0 N–H and O–H groups in total. The van der Waals surface area contributed by atoms with E-state index < -0.39 is 5.41 Å². The Morgan fingerprint density at radius 1 is 0.231 bits per heavy atom. The topological polar surface area (TPSA) is 25.8 Å². The lowest BCUT2D eigenvalue weighted by Gasteiger charge is -2.31. The number of benzene rings is 10. The molecule has 0 atom stereocenters. The number of rotatable bonds is 6. The van der Waals surface area contributed by atoms with Crippen molar-refractivity contribution < 1.29 is 0 Å².